The molecule has 0 bridgehead atoms. The van der Waals surface area contributed by atoms with Crippen LogP contribution in [0.15, 0.2) is 48.5 Å². The Morgan fingerprint density at radius 2 is 1.67 bits per heavy atom. The van der Waals surface area contributed by atoms with Crippen LogP contribution >= 0.6 is 0 Å². The number of benzene rings is 2. The lowest BCUT2D eigenvalue weighted by atomic mass is 10.0. The Morgan fingerprint density at radius 3 is 2.29 bits per heavy atom. The Kier molecular flexibility index (Phi) is 6.13. The van der Waals surface area contributed by atoms with Gasteiger partial charge < -0.3 is 10.6 Å². The van der Waals surface area contributed by atoms with Gasteiger partial charge >= 0.3 is 0 Å². The van der Waals surface area contributed by atoms with Crippen LogP contribution in [-0.4, -0.2) is 18.4 Å². The molecule has 0 aliphatic rings. The van der Waals surface area contributed by atoms with Crippen LogP contribution in [0.2, 0.25) is 0 Å². The largest absolute Gasteiger partial charge is 0.343 e. The molecule has 2 rings (SSSR count). The van der Waals surface area contributed by atoms with Crippen molar-refractivity contribution < 1.29 is 9.59 Å². The molecule has 2 amide bonds. The molecule has 2 aromatic carbocycles. The first-order valence-electron chi connectivity index (χ1n) is 8.27. The van der Waals surface area contributed by atoms with E-state index in [2.05, 4.69) is 24.5 Å². The Labute approximate surface area is 143 Å². The zero-order chi connectivity index (χ0) is 17.5. The first kappa shape index (κ1) is 17.7. The van der Waals surface area contributed by atoms with Gasteiger partial charge in [-0.25, -0.2) is 0 Å². The molecular formula is C20H24N2O2. The predicted molar refractivity (Wildman–Crippen MR) is 97.3 cm³/mol. The predicted octanol–water partition coefficient (Wildman–Crippen LogP) is 3.74. The number of hydrogen-bond donors (Lipinski definition) is 2. The van der Waals surface area contributed by atoms with Crippen molar-refractivity contribution in [1.29, 1.82) is 0 Å². The summed E-state index contributed by atoms with van der Waals surface area (Å²) in [6, 6.07) is 15.1. The van der Waals surface area contributed by atoms with Crippen molar-refractivity contribution in [2.45, 2.75) is 33.1 Å². The Morgan fingerprint density at radius 1 is 1.00 bits per heavy atom. The van der Waals surface area contributed by atoms with Gasteiger partial charge in [0.25, 0.3) is 5.91 Å². The number of rotatable bonds is 6. The maximum atomic E-state index is 12.1. The molecule has 2 N–H and O–H groups in total. The van der Waals surface area contributed by atoms with Gasteiger partial charge in [-0.05, 0) is 41.7 Å². The number of hydrogen-bond acceptors (Lipinski definition) is 2. The molecular weight excluding hydrogens is 300 g/mol. The van der Waals surface area contributed by atoms with E-state index in [1.807, 2.05) is 43.3 Å². The minimum Gasteiger partial charge on any atom is -0.343 e. The Hall–Kier alpha value is -2.62. The van der Waals surface area contributed by atoms with Gasteiger partial charge in [-0.15, -0.1) is 0 Å². The van der Waals surface area contributed by atoms with Crippen LogP contribution in [-0.2, 0) is 11.2 Å². The van der Waals surface area contributed by atoms with E-state index < -0.39 is 0 Å². The van der Waals surface area contributed by atoms with Crippen LogP contribution in [0.1, 0.15) is 48.2 Å². The molecule has 0 fully saturated rings. The van der Waals surface area contributed by atoms with E-state index in [0.717, 1.165) is 17.7 Å². The zero-order valence-electron chi connectivity index (χ0n) is 14.4. The summed E-state index contributed by atoms with van der Waals surface area (Å²) in [5.74, 6) is -0.0567. The fourth-order valence-corrected chi connectivity index (χ4v) is 2.43. The fourth-order valence-electron chi connectivity index (χ4n) is 2.43. The highest BCUT2D eigenvalue weighted by atomic mass is 16.2. The Bertz CT molecular complexity index is 706. The van der Waals surface area contributed by atoms with Gasteiger partial charge in [0.15, 0.2) is 0 Å². The first-order valence-corrected chi connectivity index (χ1v) is 8.27. The van der Waals surface area contributed by atoms with E-state index in [-0.39, 0.29) is 18.4 Å². The van der Waals surface area contributed by atoms with Gasteiger partial charge in [0, 0.05) is 11.3 Å². The SMILES string of the molecule is CCc1ccccc1NC(=O)CNC(=O)c1ccc(C(C)C)cc1. The summed E-state index contributed by atoms with van der Waals surface area (Å²) >= 11 is 0. The molecule has 0 unspecified atom stereocenters. The summed E-state index contributed by atoms with van der Waals surface area (Å²) < 4.78 is 0. The fraction of sp³-hybridized carbons (Fsp3) is 0.300. The van der Waals surface area contributed by atoms with E-state index in [1.54, 1.807) is 12.1 Å². The summed E-state index contributed by atoms with van der Waals surface area (Å²) in [5.41, 5.74) is 3.60. The standard InChI is InChI=1S/C20H24N2O2/c1-4-15-7-5-6-8-18(15)22-19(23)13-21-20(24)17-11-9-16(10-12-17)14(2)3/h5-12,14H,4,13H2,1-3H3,(H,21,24)(H,22,23). The summed E-state index contributed by atoms with van der Waals surface area (Å²) in [4.78, 5) is 24.1. The molecule has 0 aliphatic carbocycles. The number of aryl methyl sites for hydroxylation is 1. The molecule has 2 aromatic rings. The first-order chi connectivity index (χ1) is 11.5. The van der Waals surface area contributed by atoms with Crippen molar-refractivity contribution in [3.8, 4) is 0 Å². The van der Waals surface area contributed by atoms with Crippen LogP contribution in [0.25, 0.3) is 0 Å². The molecule has 0 saturated carbocycles. The third kappa shape index (κ3) is 4.69. The maximum absolute atomic E-state index is 12.1. The van der Waals surface area contributed by atoms with Crippen molar-refractivity contribution >= 4 is 17.5 Å². The second-order valence-corrected chi connectivity index (χ2v) is 6.02. The molecule has 0 heterocycles. The van der Waals surface area contributed by atoms with Crippen LogP contribution < -0.4 is 10.6 Å². The van der Waals surface area contributed by atoms with E-state index >= 15 is 0 Å². The monoisotopic (exact) mass is 324 g/mol. The highest BCUT2D eigenvalue weighted by molar-refractivity contribution is 5.99. The molecule has 4 heteroatoms. The lowest BCUT2D eigenvalue weighted by Gasteiger charge is -2.11. The smallest absolute Gasteiger partial charge is 0.251 e. The van der Waals surface area contributed by atoms with Gasteiger partial charge in [-0.2, -0.15) is 0 Å². The minimum absolute atomic E-state index is 0.0528. The number of anilines is 1. The third-order valence-electron chi connectivity index (χ3n) is 3.92. The summed E-state index contributed by atoms with van der Waals surface area (Å²) in [6.45, 7) is 6.19. The van der Waals surface area contributed by atoms with Gasteiger partial charge in [0.1, 0.15) is 0 Å². The lowest BCUT2D eigenvalue weighted by molar-refractivity contribution is -0.115. The second kappa shape index (κ2) is 8.29. The average Bonchev–Trinajstić information content (AvgIpc) is 2.60. The topological polar surface area (TPSA) is 58.2 Å². The maximum Gasteiger partial charge on any atom is 0.251 e. The molecule has 0 aliphatic heterocycles. The molecule has 0 aromatic heterocycles. The van der Waals surface area contributed by atoms with E-state index in [1.165, 1.54) is 5.56 Å². The van der Waals surface area contributed by atoms with Crippen molar-refractivity contribution in [2.24, 2.45) is 0 Å². The van der Waals surface area contributed by atoms with Gasteiger partial charge in [0.2, 0.25) is 5.91 Å². The quantitative estimate of drug-likeness (QED) is 0.850. The molecule has 4 nitrogen and oxygen atoms in total. The molecule has 126 valence electrons. The summed E-state index contributed by atoms with van der Waals surface area (Å²) in [6.07, 6.45) is 0.838. The van der Waals surface area contributed by atoms with Crippen molar-refractivity contribution in [3.05, 3.63) is 65.2 Å². The number of nitrogens with one attached hydrogen (secondary N) is 2. The van der Waals surface area contributed by atoms with E-state index in [9.17, 15) is 9.59 Å². The molecule has 0 atom stereocenters. The number of carbonyl (C=O) groups excluding carboxylic acids is 2. The summed E-state index contributed by atoms with van der Waals surface area (Å²) in [7, 11) is 0. The molecule has 0 radical (unpaired) electrons. The molecule has 0 spiro atoms. The minimum atomic E-state index is -0.246. The van der Waals surface area contributed by atoms with Crippen LogP contribution in [0.3, 0.4) is 0 Å². The third-order valence-corrected chi connectivity index (χ3v) is 3.92. The summed E-state index contributed by atoms with van der Waals surface area (Å²) in [5, 5.41) is 5.49. The van der Waals surface area contributed by atoms with Crippen molar-refractivity contribution in [2.75, 3.05) is 11.9 Å². The number of para-hydroxylation sites is 1. The molecule has 0 saturated heterocycles. The highest BCUT2D eigenvalue weighted by Crippen LogP contribution is 2.16. The molecule has 24 heavy (non-hydrogen) atoms. The van der Waals surface area contributed by atoms with Gasteiger partial charge in [-0.3, -0.25) is 9.59 Å². The van der Waals surface area contributed by atoms with E-state index in [0.29, 0.717) is 11.5 Å². The van der Waals surface area contributed by atoms with Crippen molar-refractivity contribution in [1.82, 2.24) is 5.32 Å². The average molecular weight is 324 g/mol. The second-order valence-electron chi connectivity index (χ2n) is 6.02. The van der Waals surface area contributed by atoms with Gasteiger partial charge in [-0.1, -0.05) is 51.1 Å². The highest BCUT2D eigenvalue weighted by Gasteiger charge is 2.10. The van der Waals surface area contributed by atoms with E-state index in [4.69, 9.17) is 0 Å². The van der Waals surface area contributed by atoms with Crippen molar-refractivity contribution in [3.63, 3.8) is 0 Å². The lowest BCUT2D eigenvalue weighted by Crippen LogP contribution is -2.33. The Balaban J connectivity index is 1.90. The van der Waals surface area contributed by atoms with Crippen LogP contribution in [0.4, 0.5) is 5.69 Å². The van der Waals surface area contributed by atoms with Crippen LogP contribution in [0.5, 0.6) is 0 Å². The normalized spacial score (nSPS) is 10.5. The van der Waals surface area contributed by atoms with Crippen LogP contribution in [0, 0.1) is 0 Å². The van der Waals surface area contributed by atoms with Gasteiger partial charge in [0.05, 0.1) is 6.54 Å². The number of carbonyl (C=O) groups is 2. The zero-order valence-corrected chi connectivity index (χ0v) is 14.4. The number of amides is 2.